The molecule has 2 aliphatic heterocycles. The molecule has 0 aromatic rings. The van der Waals surface area contributed by atoms with Crippen molar-refractivity contribution in [2.45, 2.75) is 66.4 Å². The summed E-state index contributed by atoms with van der Waals surface area (Å²) >= 11 is 0. The van der Waals surface area contributed by atoms with E-state index in [1.165, 1.54) is 31.3 Å². The molecule has 1 fully saturated rings. The summed E-state index contributed by atoms with van der Waals surface area (Å²) in [5.74, 6) is 3.83. The van der Waals surface area contributed by atoms with E-state index < -0.39 is 0 Å². The molecule has 0 aromatic heterocycles. The van der Waals surface area contributed by atoms with Crippen LogP contribution in [-0.4, -0.2) is 23.2 Å². The lowest BCUT2D eigenvalue weighted by Gasteiger charge is -2.42. The molecule has 0 amide bonds. The average Bonchev–Trinajstić information content (AvgIpc) is 2.69. The number of rotatable bonds is 0. The second kappa shape index (κ2) is 8.64. The fourth-order valence-corrected chi connectivity index (χ4v) is 3.88. The van der Waals surface area contributed by atoms with Crippen molar-refractivity contribution in [2.24, 2.45) is 23.7 Å². The molecule has 0 spiro atoms. The van der Waals surface area contributed by atoms with Crippen LogP contribution in [0.2, 0.25) is 0 Å². The topological polar surface area (TPSA) is 58.9 Å². The van der Waals surface area contributed by atoms with Crippen LogP contribution in [0.5, 0.6) is 0 Å². The Labute approximate surface area is 129 Å². The van der Waals surface area contributed by atoms with Gasteiger partial charge < -0.3 is 9.47 Å². The van der Waals surface area contributed by atoms with E-state index in [4.69, 9.17) is 20.0 Å². The summed E-state index contributed by atoms with van der Waals surface area (Å²) < 4.78 is 11.9. The molecule has 124 valence electrons. The Balaban J connectivity index is 0.000000510. The average molecular weight is 300 g/mol. The highest BCUT2D eigenvalue weighted by Crippen LogP contribution is 2.49. The molecule has 2 heterocycles. The first kappa shape index (κ1) is 18.3. The van der Waals surface area contributed by atoms with Crippen LogP contribution in [0.25, 0.3) is 0 Å². The van der Waals surface area contributed by atoms with Gasteiger partial charge in [0, 0.05) is 5.57 Å². The number of ether oxygens (including phenoxy) is 2. The zero-order chi connectivity index (χ0) is 16.0. The van der Waals surface area contributed by atoms with E-state index in [0.29, 0.717) is 12.0 Å². The molecular formula is C17H32O4. The van der Waals surface area contributed by atoms with Crippen LogP contribution in [0.15, 0.2) is 11.5 Å². The van der Waals surface area contributed by atoms with Crippen molar-refractivity contribution in [3.8, 4) is 0 Å². The van der Waals surface area contributed by atoms with Crippen molar-refractivity contribution < 1.29 is 20.0 Å². The van der Waals surface area contributed by atoms with E-state index in [1.807, 2.05) is 13.8 Å². The maximum absolute atomic E-state index is 6.01. The highest BCUT2D eigenvalue weighted by atomic mass is 17.0. The molecule has 4 heteroatoms. The molecule has 3 aliphatic rings. The lowest BCUT2D eigenvalue weighted by molar-refractivity contribution is -0.176. The Bertz CT molecular complexity index is 340. The quantitative estimate of drug-likeness (QED) is 0.500. The second-order valence-corrected chi connectivity index (χ2v) is 6.30. The predicted molar refractivity (Wildman–Crippen MR) is 83.9 cm³/mol. The zero-order valence-corrected chi connectivity index (χ0v) is 14.1. The highest BCUT2D eigenvalue weighted by molar-refractivity contribution is 5.20. The van der Waals surface area contributed by atoms with Gasteiger partial charge in [-0.25, -0.2) is 0 Å². The molecule has 3 unspecified atom stereocenters. The van der Waals surface area contributed by atoms with E-state index in [2.05, 4.69) is 20.8 Å². The molecule has 3 rings (SSSR count). The van der Waals surface area contributed by atoms with Crippen LogP contribution in [0.1, 0.15) is 60.3 Å². The van der Waals surface area contributed by atoms with E-state index in [0.717, 1.165) is 30.3 Å². The van der Waals surface area contributed by atoms with Gasteiger partial charge in [-0.3, -0.25) is 10.5 Å². The third-order valence-electron chi connectivity index (χ3n) is 5.01. The highest BCUT2D eigenvalue weighted by Gasteiger charge is 2.42. The van der Waals surface area contributed by atoms with Crippen LogP contribution in [-0.2, 0) is 9.47 Å². The maximum atomic E-state index is 6.01. The summed E-state index contributed by atoms with van der Waals surface area (Å²) in [6, 6.07) is 0. The molecule has 21 heavy (non-hydrogen) atoms. The number of hydrogen-bond acceptors (Lipinski definition) is 4. The van der Waals surface area contributed by atoms with Gasteiger partial charge in [-0.05, 0) is 56.3 Å². The van der Waals surface area contributed by atoms with Crippen molar-refractivity contribution in [1.29, 1.82) is 0 Å². The second-order valence-electron chi connectivity index (χ2n) is 6.30. The molecule has 1 saturated carbocycles. The molecule has 0 saturated heterocycles. The first-order valence-electron chi connectivity index (χ1n) is 8.40. The Hall–Kier alpha value is -0.740. The van der Waals surface area contributed by atoms with Gasteiger partial charge >= 0.3 is 0 Å². The Morgan fingerprint density at radius 2 is 1.43 bits per heavy atom. The van der Waals surface area contributed by atoms with Gasteiger partial charge in [-0.2, -0.15) is 0 Å². The minimum absolute atomic E-state index is 0.323. The third-order valence-corrected chi connectivity index (χ3v) is 5.01. The molecule has 0 bridgehead atoms. The smallest absolute Gasteiger partial charge is 0.279 e. The van der Waals surface area contributed by atoms with Gasteiger partial charge in [-0.1, -0.05) is 27.7 Å². The zero-order valence-electron chi connectivity index (χ0n) is 14.1. The summed E-state index contributed by atoms with van der Waals surface area (Å²) in [7, 11) is 0. The Morgan fingerprint density at radius 1 is 0.857 bits per heavy atom. The summed E-state index contributed by atoms with van der Waals surface area (Å²) in [5, 5.41) is 12.0. The van der Waals surface area contributed by atoms with Crippen molar-refractivity contribution in [3.63, 3.8) is 0 Å². The summed E-state index contributed by atoms with van der Waals surface area (Å²) in [4.78, 5) is 0. The van der Waals surface area contributed by atoms with Gasteiger partial charge in [0.05, 0.1) is 12.7 Å². The van der Waals surface area contributed by atoms with E-state index in [1.54, 1.807) is 0 Å². The maximum Gasteiger partial charge on any atom is 0.279 e. The fourth-order valence-electron chi connectivity index (χ4n) is 3.88. The molecular weight excluding hydrogens is 268 g/mol. The minimum atomic E-state index is 0.323. The summed E-state index contributed by atoms with van der Waals surface area (Å²) in [5.41, 5.74) is 1.53. The largest absolute Gasteiger partial charge is 0.465 e. The van der Waals surface area contributed by atoms with Crippen molar-refractivity contribution >= 4 is 0 Å². The van der Waals surface area contributed by atoms with E-state index >= 15 is 0 Å². The summed E-state index contributed by atoms with van der Waals surface area (Å²) in [6.07, 6.45) is 5.49. The van der Waals surface area contributed by atoms with Crippen molar-refractivity contribution in [1.82, 2.24) is 0 Å². The SMILES string of the molecule is CC.CC1CCC2C3=C(OC[C@H](C)C3CC[C@H]2C)O1.OO. The molecule has 5 atom stereocenters. The summed E-state index contributed by atoms with van der Waals surface area (Å²) in [6.45, 7) is 11.7. The number of hydrogen-bond donors (Lipinski definition) is 2. The van der Waals surface area contributed by atoms with Gasteiger partial charge in [0.2, 0.25) is 0 Å². The van der Waals surface area contributed by atoms with Gasteiger partial charge in [0.1, 0.15) is 0 Å². The predicted octanol–water partition coefficient (Wildman–Crippen LogP) is 4.77. The van der Waals surface area contributed by atoms with Crippen molar-refractivity contribution in [3.05, 3.63) is 11.5 Å². The van der Waals surface area contributed by atoms with Crippen LogP contribution in [0.3, 0.4) is 0 Å². The molecule has 0 radical (unpaired) electrons. The van der Waals surface area contributed by atoms with Crippen LogP contribution in [0, 0.1) is 23.7 Å². The molecule has 0 aromatic carbocycles. The van der Waals surface area contributed by atoms with E-state index in [-0.39, 0.29) is 0 Å². The molecule has 2 N–H and O–H groups in total. The molecule has 1 aliphatic carbocycles. The van der Waals surface area contributed by atoms with Crippen LogP contribution < -0.4 is 0 Å². The normalized spacial score (nSPS) is 37.4. The van der Waals surface area contributed by atoms with Gasteiger partial charge in [0.25, 0.3) is 5.95 Å². The Kier molecular flexibility index (Phi) is 7.53. The van der Waals surface area contributed by atoms with Crippen molar-refractivity contribution in [2.75, 3.05) is 6.61 Å². The minimum Gasteiger partial charge on any atom is -0.465 e. The lowest BCUT2D eigenvalue weighted by atomic mass is 9.66. The monoisotopic (exact) mass is 300 g/mol. The van der Waals surface area contributed by atoms with Gasteiger partial charge in [0.15, 0.2) is 0 Å². The lowest BCUT2D eigenvalue weighted by Crippen LogP contribution is -2.35. The van der Waals surface area contributed by atoms with Crippen LogP contribution >= 0.6 is 0 Å². The van der Waals surface area contributed by atoms with Gasteiger partial charge in [-0.15, -0.1) is 0 Å². The standard InChI is InChI=1S/C15H24O2.C2H6.H2O2/c1-9-4-6-13-10(2)8-16-15-14(13)12(9)7-5-11(3)17-15;2*1-2/h9-13H,4-8H2,1-3H3;1-2H3;1-2H/t9-,10+,11?,12?,13?;;/m1../s1. The first-order chi connectivity index (χ1) is 10.2. The Morgan fingerprint density at radius 3 is 2.10 bits per heavy atom. The fraction of sp³-hybridized carbons (Fsp3) is 0.882. The van der Waals surface area contributed by atoms with E-state index in [9.17, 15) is 0 Å². The third kappa shape index (κ3) is 3.92. The van der Waals surface area contributed by atoms with Crippen LogP contribution in [0.4, 0.5) is 0 Å². The number of allylic oxidation sites excluding steroid dienone is 1. The molecule has 4 nitrogen and oxygen atoms in total. The first-order valence-corrected chi connectivity index (χ1v) is 8.40.